The SMILES string of the molecule is COCCOc1ccc2sc(C(=O)Nc3ccccc3N)cc2c1. The number of benzene rings is 2. The summed E-state index contributed by atoms with van der Waals surface area (Å²) in [5, 5.41) is 3.82. The van der Waals surface area contributed by atoms with Crippen LogP contribution in [0.15, 0.2) is 48.5 Å². The van der Waals surface area contributed by atoms with Crippen molar-refractivity contribution < 1.29 is 14.3 Å². The van der Waals surface area contributed by atoms with Crippen LogP contribution >= 0.6 is 11.3 Å². The van der Waals surface area contributed by atoms with Gasteiger partial charge in [-0.2, -0.15) is 0 Å². The van der Waals surface area contributed by atoms with E-state index in [1.54, 1.807) is 19.2 Å². The molecule has 0 fully saturated rings. The summed E-state index contributed by atoms with van der Waals surface area (Å²) in [5.74, 6) is 0.590. The smallest absolute Gasteiger partial charge is 0.265 e. The topological polar surface area (TPSA) is 73.6 Å². The molecule has 1 heterocycles. The molecule has 0 spiro atoms. The van der Waals surface area contributed by atoms with E-state index in [1.807, 2.05) is 36.4 Å². The first-order chi connectivity index (χ1) is 11.7. The zero-order chi connectivity index (χ0) is 16.9. The summed E-state index contributed by atoms with van der Waals surface area (Å²) in [5.41, 5.74) is 7.02. The number of carbonyl (C=O) groups is 1. The molecule has 0 aliphatic carbocycles. The molecule has 0 bridgehead atoms. The number of amides is 1. The van der Waals surface area contributed by atoms with Gasteiger partial charge in [0.1, 0.15) is 12.4 Å². The number of methoxy groups -OCH3 is 1. The van der Waals surface area contributed by atoms with Gasteiger partial charge in [0.15, 0.2) is 0 Å². The van der Waals surface area contributed by atoms with Crippen LogP contribution in [0.5, 0.6) is 5.75 Å². The van der Waals surface area contributed by atoms with E-state index in [0.29, 0.717) is 29.5 Å². The van der Waals surface area contributed by atoms with Crippen LogP contribution in [0.2, 0.25) is 0 Å². The molecular weight excluding hydrogens is 324 g/mol. The van der Waals surface area contributed by atoms with Gasteiger partial charge in [-0.1, -0.05) is 12.1 Å². The Kier molecular flexibility index (Phi) is 4.98. The number of nitrogens with one attached hydrogen (secondary N) is 1. The number of nitrogen functional groups attached to an aromatic ring is 1. The van der Waals surface area contributed by atoms with Crippen LogP contribution < -0.4 is 15.8 Å². The average Bonchev–Trinajstić information content (AvgIpc) is 3.00. The van der Waals surface area contributed by atoms with E-state index in [0.717, 1.165) is 15.8 Å². The first kappa shape index (κ1) is 16.3. The summed E-state index contributed by atoms with van der Waals surface area (Å²) in [7, 11) is 1.63. The third-order valence-electron chi connectivity index (χ3n) is 3.48. The molecule has 0 atom stereocenters. The zero-order valence-corrected chi connectivity index (χ0v) is 14.1. The van der Waals surface area contributed by atoms with E-state index in [4.69, 9.17) is 15.2 Å². The number of rotatable bonds is 6. The number of thiophene rings is 1. The molecule has 0 radical (unpaired) electrons. The molecule has 5 nitrogen and oxygen atoms in total. The Morgan fingerprint density at radius 1 is 1.17 bits per heavy atom. The van der Waals surface area contributed by atoms with E-state index in [2.05, 4.69) is 5.32 Å². The Bertz CT molecular complexity index is 860. The molecule has 3 rings (SSSR count). The van der Waals surface area contributed by atoms with E-state index in [9.17, 15) is 4.79 Å². The van der Waals surface area contributed by atoms with Crippen molar-refractivity contribution in [2.45, 2.75) is 0 Å². The third-order valence-corrected chi connectivity index (χ3v) is 4.59. The van der Waals surface area contributed by atoms with Crippen LogP contribution in [0.25, 0.3) is 10.1 Å². The summed E-state index contributed by atoms with van der Waals surface area (Å²) < 4.78 is 11.6. The van der Waals surface area contributed by atoms with Gasteiger partial charge in [0, 0.05) is 11.8 Å². The highest BCUT2D eigenvalue weighted by molar-refractivity contribution is 7.20. The molecule has 3 N–H and O–H groups in total. The Balaban J connectivity index is 1.77. The maximum absolute atomic E-state index is 12.4. The van der Waals surface area contributed by atoms with E-state index < -0.39 is 0 Å². The predicted octanol–water partition coefficient (Wildman–Crippen LogP) is 3.76. The summed E-state index contributed by atoms with van der Waals surface area (Å²) in [6.45, 7) is 1.03. The molecule has 0 aliphatic heterocycles. The third kappa shape index (κ3) is 3.67. The fourth-order valence-electron chi connectivity index (χ4n) is 2.26. The molecule has 2 aromatic carbocycles. The van der Waals surface area contributed by atoms with Gasteiger partial charge in [0.05, 0.1) is 22.9 Å². The lowest BCUT2D eigenvalue weighted by Crippen LogP contribution is -2.11. The lowest BCUT2D eigenvalue weighted by atomic mass is 10.2. The number of para-hydroxylation sites is 2. The Morgan fingerprint density at radius 2 is 2.00 bits per heavy atom. The van der Waals surface area contributed by atoms with Crippen molar-refractivity contribution in [2.24, 2.45) is 0 Å². The maximum Gasteiger partial charge on any atom is 0.265 e. The molecule has 6 heteroatoms. The minimum Gasteiger partial charge on any atom is -0.491 e. The second-order valence-corrected chi connectivity index (χ2v) is 6.28. The quantitative estimate of drug-likeness (QED) is 0.528. The summed E-state index contributed by atoms with van der Waals surface area (Å²) >= 11 is 1.43. The number of carbonyl (C=O) groups excluding carboxylic acids is 1. The van der Waals surface area contributed by atoms with Crippen molar-refractivity contribution in [2.75, 3.05) is 31.4 Å². The summed E-state index contributed by atoms with van der Waals surface area (Å²) in [4.78, 5) is 13.1. The minimum absolute atomic E-state index is 0.170. The molecule has 1 aromatic heterocycles. The summed E-state index contributed by atoms with van der Waals surface area (Å²) in [6, 6.07) is 14.8. The highest BCUT2D eigenvalue weighted by Gasteiger charge is 2.12. The Hall–Kier alpha value is -2.57. The van der Waals surface area contributed by atoms with Crippen LogP contribution in [0, 0.1) is 0 Å². The van der Waals surface area contributed by atoms with Gasteiger partial charge in [-0.15, -0.1) is 11.3 Å². The molecule has 1 amide bonds. The number of fused-ring (bicyclic) bond motifs is 1. The fourth-order valence-corrected chi connectivity index (χ4v) is 3.20. The Morgan fingerprint density at radius 3 is 2.79 bits per heavy atom. The lowest BCUT2D eigenvalue weighted by molar-refractivity contribution is 0.103. The van der Waals surface area contributed by atoms with Crippen molar-refractivity contribution >= 4 is 38.7 Å². The molecule has 3 aromatic rings. The van der Waals surface area contributed by atoms with Gasteiger partial charge in [0.25, 0.3) is 5.91 Å². The predicted molar refractivity (Wildman–Crippen MR) is 98.0 cm³/mol. The van der Waals surface area contributed by atoms with Gasteiger partial charge in [-0.25, -0.2) is 0 Å². The van der Waals surface area contributed by atoms with E-state index in [-0.39, 0.29) is 5.91 Å². The first-order valence-corrected chi connectivity index (χ1v) is 8.30. The van der Waals surface area contributed by atoms with Gasteiger partial charge in [-0.3, -0.25) is 4.79 Å². The standard InChI is InChI=1S/C18H18N2O3S/c1-22-8-9-23-13-6-7-16-12(10-13)11-17(24-16)18(21)20-15-5-3-2-4-14(15)19/h2-7,10-11H,8-9,19H2,1H3,(H,20,21). The molecule has 0 saturated carbocycles. The molecule has 0 saturated heterocycles. The average molecular weight is 342 g/mol. The van der Waals surface area contributed by atoms with Crippen molar-refractivity contribution in [3.8, 4) is 5.75 Å². The zero-order valence-electron chi connectivity index (χ0n) is 13.2. The highest BCUT2D eigenvalue weighted by atomic mass is 32.1. The number of nitrogens with two attached hydrogens (primary N) is 1. The summed E-state index contributed by atoms with van der Waals surface area (Å²) in [6.07, 6.45) is 0. The molecule has 0 aliphatic rings. The largest absolute Gasteiger partial charge is 0.491 e. The van der Waals surface area contributed by atoms with Crippen molar-refractivity contribution in [3.63, 3.8) is 0 Å². The number of hydrogen-bond acceptors (Lipinski definition) is 5. The number of anilines is 2. The van der Waals surface area contributed by atoms with Crippen LogP contribution in [0.3, 0.4) is 0 Å². The molecule has 24 heavy (non-hydrogen) atoms. The second-order valence-electron chi connectivity index (χ2n) is 5.19. The molecule has 0 unspecified atom stereocenters. The van der Waals surface area contributed by atoms with Gasteiger partial charge in [0.2, 0.25) is 0 Å². The van der Waals surface area contributed by atoms with E-state index in [1.165, 1.54) is 11.3 Å². The van der Waals surface area contributed by atoms with Crippen molar-refractivity contribution in [1.29, 1.82) is 0 Å². The fraction of sp³-hybridized carbons (Fsp3) is 0.167. The van der Waals surface area contributed by atoms with Crippen molar-refractivity contribution in [3.05, 3.63) is 53.4 Å². The van der Waals surface area contributed by atoms with Crippen LogP contribution in [-0.2, 0) is 4.74 Å². The maximum atomic E-state index is 12.4. The normalized spacial score (nSPS) is 10.7. The number of ether oxygens (including phenoxy) is 2. The van der Waals surface area contributed by atoms with Crippen LogP contribution in [0.4, 0.5) is 11.4 Å². The Labute approximate surface area is 144 Å². The second kappa shape index (κ2) is 7.33. The van der Waals surface area contributed by atoms with Crippen molar-refractivity contribution in [1.82, 2.24) is 0 Å². The first-order valence-electron chi connectivity index (χ1n) is 7.48. The monoisotopic (exact) mass is 342 g/mol. The van der Waals surface area contributed by atoms with Crippen LogP contribution in [0.1, 0.15) is 9.67 Å². The number of hydrogen-bond donors (Lipinski definition) is 2. The van der Waals surface area contributed by atoms with Crippen LogP contribution in [-0.4, -0.2) is 26.2 Å². The van der Waals surface area contributed by atoms with Gasteiger partial charge >= 0.3 is 0 Å². The van der Waals surface area contributed by atoms with E-state index >= 15 is 0 Å². The molecular formula is C18H18N2O3S. The van der Waals surface area contributed by atoms with Gasteiger partial charge in [-0.05, 0) is 41.8 Å². The molecule has 124 valence electrons. The van der Waals surface area contributed by atoms with Gasteiger partial charge < -0.3 is 20.5 Å². The minimum atomic E-state index is -0.170. The lowest BCUT2D eigenvalue weighted by Gasteiger charge is -2.05. The highest BCUT2D eigenvalue weighted by Crippen LogP contribution is 2.30.